The van der Waals surface area contributed by atoms with Gasteiger partial charge in [-0.1, -0.05) is 30.3 Å². The number of aromatic nitrogens is 5. The lowest BCUT2D eigenvalue weighted by atomic mass is 10.1. The molecular formula is C12H9N5O. The molecule has 0 unspecified atom stereocenters. The number of H-pyrrole nitrogens is 2. The number of aromatic amines is 2. The number of rotatable bonds is 2. The maximum Gasteiger partial charge on any atom is 0.340 e. The van der Waals surface area contributed by atoms with Crippen LogP contribution in [0.15, 0.2) is 47.5 Å². The third-order valence-electron chi connectivity index (χ3n) is 2.48. The summed E-state index contributed by atoms with van der Waals surface area (Å²) < 4.78 is 0. The third kappa shape index (κ3) is 1.91. The van der Waals surface area contributed by atoms with E-state index in [2.05, 4.69) is 25.1 Å². The summed E-state index contributed by atoms with van der Waals surface area (Å²) in [5.41, 5.74) is 1.98. The molecule has 18 heavy (non-hydrogen) atoms. The summed E-state index contributed by atoms with van der Waals surface area (Å²) in [7, 11) is 0. The SMILES string of the molecule is O=c1[nH]nc(-c2cc(-c3ccccc3)ncn2)[nH]1. The summed E-state index contributed by atoms with van der Waals surface area (Å²) in [6.07, 6.45) is 1.45. The van der Waals surface area contributed by atoms with Crippen LogP contribution in [0.25, 0.3) is 22.8 Å². The average Bonchev–Trinajstić information content (AvgIpc) is 2.87. The standard InChI is InChI=1S/C12H9N5O/c18-12-15-11(16-17-12)10-6-9(13-7-14-10)8-4-2-1-3-5-8/h1-7H,(H2,15,16,17,18). The minimum atomic E-state index is -0.357. The number of hydrogen-bond acceptors (Lipinski definition) is 4. The molecule has 0 aliphatic carbocycles. The molecule has 88 valence electrons. The molecular weight excluding hydrogens is 230 g/mol. The lowest BCUT2D eigenvalue weighted by Gasteiger charge is -2.01. The van der Waals surface area contributed by atoms with Crippen LogP contribution in [0, 0.1) is 0 Å². The van der Waals surface area contributed by atoms with Gasteiger partial charge in [0.25, 0.3) is 0 Å². The zero-order chi connectivity index (χ0) is 12.4. The molecule has 2 heterocycles. The van der Waals surface area contributed by atoms with Crippen LogP contribution in [0.4, 0.5) is 0 Å². The van der Waals surface area contributed by atoms with E-state index in [0.29, 0.717) is 11.5 Å². The van der Waals surface area contributed by atoms with Crippen LogP contribution >= 0.6 is 0 Å². The summed E-state index contributed by atoms with van der Waals surface area (Å²) >= 11 is 0. The van der Waals surface area contributed by atoms with Gasteiger partial charge in [-0.3, -0.25) is 4.98 Å². The van der Waals surface area contributed by atoms with E-state index in [1.54, 1.807) is 6.07 Å². The fourth-order valence-electron chi connectivity index (χ4n) is 1.65. The van der Waals surface area contributed by atoms with Gasteiger partial charge in [-0.25, -0.2) is 19.9 Å². The van der Waals surface area contributed by atoms with Crippen LogP contribution < -0.4 is 5.69 Å². The number of nitrogens with zero attached hydrogens (tertiary/aromatic N) is 3. The average molecular weight is 239 g/mol. The van der Waals surface area contributed by atoms with Crippen LogP contribution in [0.3, 0.4) is 0 Å². The van der Waals surface area contributed by atoms with Crippen molar-refractivity contribution in [2.24, 2.45) is 0 Å². The Labute approximate surface area is 102 Å². The lowest BCUT2D eigenvalue weighted by molar-refractivity contribution is 1.05. The fourth-order valence-corrected chi connectivity index (χ4v) is 1.65. The van der Waals surface area contributed by atoms with Crippen molar-refractivity contribution in [3.05, 3.63) is 53.2 Å². The van der Waals surface area contributed by atoms with Gasteiger partial charge in [0.05, 0.1) is 5.69 Å². The molecule has 2 aromatic heterocycles. The normalized spacial score (nSPS) is 10.4. The van der Waals surface area contributed by atoms with E-state index in [4.69, 9.17) is 0 Å². The molecule has 0 spiro atoms. The molecule has 0 aliphatic heterocycles. The van der Waals surface area contributed by atoms with Crippen molar-refractivity contribution >= 4 is 0 Å². The molecule has 6 nitrogen and oxygen atoms in total. The lowest BCUT2D eigenvalue weighted by Crippen LogP contribution is -2.00. The van der Waals surface area contributed by atoms with Crippen molar-refractivity contribution in [2.45, 2.75) is 0 Å². The Morgan fingerprint density at radius 1 is 1.00 bits per heavy atom. The van der Waals surface area contributed by atoms with Crippen LogP contribution in [0.1, 0.15) is 0 Å². The number of benzene rings is 1. The Balaban J connectivity index is 2.07. The molecule has 0 bridgehead atoms. The zero-order valence-electron chi connectivity index (χ0n) is 9.29. The van der Waals surface area contributed by atoms with Gasteiger partial charge in [0, 0.05) is 5.56 Å². The quantitative estimate of drug-likeness (QED) is 0.703. The largest absolute Gasteiger partial charge is 0.340 e. The van der Waals surface area contributed by atoms with Gasteiger partial charge >= 0.3 is 5.69 Å². The summed E-state index contributed by atoms with van der Waals surface area (Å²) in [5, 5.41) is 6.14. The molecule has 0 amide bonds. The van der Waals surface area contributed by atoms with E-state index >= 15 is 0 Å². The van der Waals surface area contributed by atoms with E-state index in [0.717, 1.165) is 11.3 Å². The van der Waals surface area contributed by atoms with Gasteiger partial charge in [-0.05, 0) is 6.07 Å². The molecule has 0 saturated heterocycles. The van der Waals surface area contributed by atoms with Crippen LogP contribution in [0.5, 0.6) is 0 Å². The molecule has 0 saturated carbocycles. The molecule has 3 aromatic rings. The van der Waals surface area contributed by atoms with Crippen LogP contribution in [0.2, 0.25) is 0 Å². The van der Waals surface area contributed by atoms with Gasteiger partial charge < -0.3 is 0 Å². The molecule has 6 heteroatoms. The van der Waals surface area contributed by atoms with Gasteiger partial charge in [-0.2, -0.15) is 5.10 Å². The maximum absolute atomic E-state index is 11.0. The van der Waals surface area contributed by atoms with Crippen molar-refractivity contribution in [2.75, 3.05) is 0 Å². The second-order valence-electron chi connectivity index (χ2n) is 3.68. The van der Waals surface area contributed by atoms with E-state index in [1.165, 1.54) is 6.33 Å². The highest BCUT2D eigenvalue weighted by molar-refractivity contribution is 5.63. The van der Waals surface area contributed by atoms with Gasteiger partial charge in [0.1, 0.15) is 12.0 Å². The zero-order valence-corrected chi connectivity index (χ0v) is 9.29. The molecule has 1 aromatic carbocycles. The summed E-state index contributed by atoms with van der Waals surface area (Å²) in [6, 6.07) is 11.5. The summed E-state index contributed by atoms with van der Waals surface area (Å²) in [4.78, 5) is 21.8. The predicted octanol–water partition coefficient (Wildman–Crippen LogP) is 1.22. The Morgan fingerprint density at radius 3 is 2.50 bits per heavy atom. The number of hydrogen-bond donors (Lipinski definition) is 2. The van der Waals surface area contributed by atoms with E-state index < -0.39 is 0 Å². The Kier molecular flexibility index (Phi) is 2.45. The maximum atomic E-state index is 11.0. The minimum Gasteiger partial charge on any atom is -0.288 e. The van der Waals surface area contributed by atoms with Crippen LogP contribution in [-0.4, -0.2) is 25.1 Å². The first-order chi connectivity index (χ1) is 8.83. The second-order valence-corrected chi connectivity index (χ2v) is 3.68. The van der Waals surface area contributed by atoms with Crippen molar-refractivity contribution in [3.8, 4) is 22.8 Å². The highest BCUT2D eigenvalue weighted by Crippen LogP contribution is 2.19. The second kappa shape index (κ2) is 4.25. The third-order valence-corrected chi connectivity index (χ3v) is 2.48. The first-order valence-corrected chi connectivity index (χ1v) is 5.35. The predicted molar refractivity (Wildman–Crippen MR) is 65.7 cm³/mol. The number of nitrogens with one attached hydrogen (secondary N) is 2. The Hall–Kier alpha value is -2.76. The Morgan fingerprint density at radius 2 is 1.78 bits per heavy atom. The molecule has 3 rings (SSSR count). The smallest absolute Gasteiger partial charge is 0.288 e. The first-order valence-electron chi connectivity index (χ1n) is 5.35. The van der Waals surface area contributed by atoms with E-state index in [1.807, 2.05) is 30.3 Å². The Bertz CT molecular complexity index is 716. The van der Waals surface area contributed by atoms with Gasteiger partial charge in [0.2, 0.25) is 0 Å². The van der Waals surface area contributed by atoms with Gasteiger partial charge in [0.15, 0.2) is 5.82 Å². The monoisotopic (exact) mass is 239 g/mol. The molecule has 0 atom stereocenters. The minimum absolute atomic E-state index is 0.357. The van der Waals surface area contributed by atoms with Crippen molar-refractivity contribution in [1.82, 2.24) is 25.1 Å². The highest BCUT2D eigenvalue weighted by Gasteiger charge is 2.06. The summed E-state index contributed by atoms with van der Waals surface area (Å²) in [6.45, 7) is 0. The van der Waals surface area contributed by atoms with Crippen LogP contribution in [-0.2, 0) is 0 Å². The van der Waals surface area contributed by atoms with Gasteiger partial charge in [-0.15, -0.1) is 0 Å². The molecule has 0 fully saturated rings. The van der Waals surface area contributed by atoms with E-state index in [-0.39, 0.29) is 5.69 Å². The molecule has 0 aliphatic rings. The first kappa shape index (κ1) is 10.4. The fraction of sp³-hybridized carbons (Fsp3) is 0. The van der Waals surface area contributed by atoms with E-state index in [9.17, 15) is 4.79 Å². The van der Waals surface area contributed by atoms with Crippen molar-refractivity contribution < 1.29 is 0 Å². The van der Waals surface area contributed by atoms with Crippen molar-refractivity contribution in [3.63, 3.8) is 0 Å². The van der Waals surface area contributed by atoms with Crippen molar-refractivity contribution in [1.29, 1.82) is 0 Å². The summed E-state index contributed by atoms with van der Waals surface area (Å²) in [5.74, 6) is 0.402. The highest BCUT2D eigenvalue weighted by atomic mass is 16.1. The topological polar surface area (TPSA) is 87.3 Å². The molecule has 0 radical (unpaired) electrons. The molecule has 2 N–H and O–H groups in total.